The number of methoxy groups -OCH3 is 1. The van der Waals surface area contributed by atoms with Gasteiger partial charge < -0.3 is 9.84 Å². The van der Waals surface area contributed by atoms with Crippen LogP contribution in [0, 0.1) is 13.8 Å². The smallest absolute Gasteiger partial charge is 0.328 e. The van der Waals surface area contributed by atoms with Crippen LogP contribution in [-0.2, 0) is 4.79 Å². The first-order valence-electron chi connectivity index (χ1n) is 8.18. The Morgan fingerprint density at radius 3 is 2.48 bits per heavy atom. The van der Waals surface area contributed by atoms with Crippen LogP contribution in [-0.4, -0.2) is 18.2 Å². The summed E-state index contributed by atoms with van der Waals surface area (Å²) >= 11 is 0. The highest BCUT2D eigenvalue weighted by Crippen LogP contribution is 2.32. The molecule has 1 N–H and O–H groups in total. The topological polar surface area (TPSA) is 46.5 Å². The van der Waals surface area contributed by atoms with Gasteiger partial charge in [-0.05, 0) is 78.4 Å². The van der Waals surface area contributed by atoms with Crippen LogP contribution in [0.5, 0.6) is 5.75 Å². The van der Waals surface area contributed by atoms with Gasteiger partial charge in [0.2, 0.25) is 0 Å². The van der Waals surface area contributed by atoms with Gasteiger partial charge >= 0.3 is 5.97 Å². The molecule has 0 atom stereocenters. The van der Waals surface area contributed by atoms with E-state index in [0.29, 0.717) is 5.57 Å². The van der Waals surface area contributed by atoms with Gasteiger partial charge in [0.1, 0.15) is 5.75 Å². The number of benzene rings is 2. The summed E-state index contributed by atoms with van der Waals surface area (Å²) < 4.78 is 5.45. The van der Waals surface area contributed by atoms with Gasteiger partial charge in [-0.1, -0.05) is 30.4 Å². The van der Waals surface area contributed by atoms with Crippen molar-refractivity contribution in [1.29, 1.82) is 0 Å². The molecule has 3 heteroatoms. The Balaban J connectivity index is 2.38. The van der Waals surface area contributed by atoms with E-state index in [1.165, 1.54) is 22.4 Å². The standard InChI is InChI=1S/C22H24O3/c1-14(11-22(23)24)7-6-8-15(2)18-9-10-19-17(4)21(25-5)12-16(3)20(19)13-18/h6-13H,1-5H3,(H,23,24)/b7-6+,14-11+,15-8-. The van der Waals surface area contributed by atoms with Gasteiger partial charge in [-0.2, -0.15) is 0 Å². The summed E-state index contributed by atoms with van der Waals surface area (Å²) in [4.78, 5) is 10.6. The molecule has 0 unspecified atom stereocenters. The minimum absolute atomic E-state index is 0.702. The lowest BCUT2D eigenvalue weighted by Crippen LogP contribution is -1.92. The largest absolute Gasteiger partial charge is 0.496 e. The van der Waals surface area contributed by atoms with E-state index in [-0.39, 0.29) is 0 Å². The van der Waals surface area contributed by atoms with Gasteiger partial charge in [0.15, 0.2) is 0 Å². The monoisotopic (exact) mass is 336 g/mol. The van der Waals surface area contributed by atoms with E-state index in [4.69, 9.17) is 9.84 Å². The first kappa shape index (κ1) is 18.5. The molecule has 0 aliphatic rings. The van der Waals surface area contributed by atoms with Crippen LogP contribution in [0.25, 0.3) is 16.3 Å². The number of rotatable bonds is 5. The third-order valence-electron chi connectivity index (χ3n) is 4.30. The number of ether oxygens (including phenoxy) is 1. The van der Waals surface area contributed by atoms with Crippen LogP contribution >= 0.6 is 0 Å². The first-order chi connectivity index (χ1) is 11.8. The van der Waals surface area contributed by atoms with E-state index in [9.17, 15) is 4.79 Å². The third-order valence-corrected chi connectivity index (χ3v) is 4.30. The predicted octanol–water partition coefficient (Wildman–Crippen LogP) is 5.46. The average Bonchev–Trinajstić information content (AvgIpc) is 2.56. The number of aryl methyl sites for hydroxylation is 2. The van der Waals surface area contributed by atoms with E-state index in [1.54, 1.807) is 20.1 Å². The Labute approximate surface area is 148 Å². The number of carboxylic acids is 1. The molecule has 2 aromatic rings. The zero-order chi connectivity index (χ0) is 18.6. The fourth-order valence-corrected chi connectivity index (χ4v) is 2.85. The van der Waals surface area contributed by atoms with Gasteiger partial charge in [0.25, 0.3) is 0 Å². The van der Waals surface area contributed by atoms with Gasteiger partial charge in [-0.25, -0.2) is 4.79 Å². The van der Waals surface area contributed by atoms with E-state index in [1.807, 2.05) is 19.1 Å². The molecule has 130 valence electrons. The van der Waals surface area contributed by atoms with Crippen molar-refractivity contribution < 1.29 is 14.6 Å². The zero-order valence-corrected chi connectivity index (χ0v) is 15.4. The molecule has 0 amide bonds. The summed E-state index contributed by atoms with van der Waals surface area (Å²) in [6.45, 7) is 7.98. The molecule has 2 rings (SSSR count). The fourth-order valence-electron chi connectivity index (χ4n) is 2.85. The molecular formula is C22H24O3. The van der Waals surface area contributed by atoms with Crippen molar-refractivity contribution in [2.24, 2.45) is 0 Å². The molecule has 0 aliphatic carbocycles. The minimum atomic E-state index is -0.932. The fraction of sp³-hybridized carbons (Fsp3) is 0.227. The molecule has 0 fully saturated rings. The number of carbonyl (C=O) groups is 1. The highest BCUT2D eigenvalue weighted by atomic mass is 16.5. The second-order valence-electron chi connectivity index (χ2n) is 6.22. The summed E-state index contributed by atoms with van der Waals surface area (Å²) in [5.41, 5.74) is 5.29. The SMILES string of the molecule is COc1cc(C)c2cc(\C(C)=C/C=C/C(C)=C/C(=O)O)ccc2c1C. The number of carboxylic acid groups (broad SMARTS) is 1. The lowest BCUT2D eigenvalue weighted by Gasteiger charge is -2.12. The third kappa shape index (κ3) is 4.38. The summed E-state index contributed by atoms with van der Waals surface area (Å²) in [5, 5.41) is 11.1. The van der Waals surface area contributed by atoms with Crippen molar-refractivity contribution >= 4 is 22.3 Å². The average molecular weight is 336 g/mol. The molecule has 3 nitrogen and oxygen atoms in total. The molecule has 0 aliphatic heterocycles. The Kier molecular flexibility index (Phi) is 5.81. The van der Waals surface area contributed by atoms with Gasteiger partial charge in [-0.15, -0.1) is 0 Å². The molecule has 0 heterocycles. The number of aliphatic carboxylic acids is 1. The van der Waals surface area contributed by atoms with Gasteiger partial charge in [0, 0.05) is 6.08 Å². The van der Waals surface area contributed by atoms with Gasteiger partial charge in [0.05, 0.1) is 7.11 Å². The van der Waals surface area contributed by atoms with Crippen molar-refractivity contribution in [2.45, 2.75) is 27.7 Å². The summed E-state index contributed by atoms with van der Waals surface area (Å²) in [6, 6.07) is 8.50. The van der Waals surface area contributed by atoms with E-state index < -0.39 is 5.97 Å². The van der Waals surface area contributed by atoms with Crippen LogP contribution in [0.15, 0.2) is 54.1 Å². The molecule has 0 bridgehead atoms. The van der Waals surface area contributed by atoms with E-state index in [0.717, 1.165) is 22.4 Å². The lowest BCUT2D eigenvalue weighted by atomic mass is 9.96. The predicted molar refractivity (Wildman–Crippen MR) is 104 cm³/mol. The molecule has 0 spiro atoms. The van der Waals surface area contributed by atoms with Crippen LogP contribution in [0.1, 0.15) is 30.5 Å². The maximum Gasteiger partial charge on any atom is 0.328 e. The maximum atomic E-state index is 10.6. The number of allylic oxidation sites excluding steroid dienone is 5. The maximum absolute atomic E-state index is 10.6. The molecule has 0 saturated heterocycles. The molecule has 2 aromatic carbocycles. The van der Waals surface area contributed by atoms with Crippen molar-refractivity contribution in [1.82, 2.24) is 0 Å². The number of hydrogen-bond acceptors (Lipinski definition) is 2. The Bertz CT molecular complexity index is 899. The number of hydrogen-bond donors (Lipinski definition) is 1. The highest BCUT2D eigenvalue weighted by molar-refractivity contribution is 5.92. The Hall–Kier alpha value is -2.81. The quantitative estimate of drug-likeness (QED) is 0.583. The van der Waals surface area contributed by atoms with E-state index >= 15 is 0 Å². The van der Waals surface area contributed by atoms with E-state index in [2.05, 4.69) is 38.1 Å². The lowest BCUT2D eigenvalue weighted by molar-refractivity contribution is -0.131. The van der Waals surface area contributed by atoms with Crippen molar-refractivity contribution in [2.75, 3.05) is 7.11 Å². The molecule has 0 radical (unpaired) electrons. The van der Waals surface area contributed by atoms with Crippen molar-refractivity contribution in [3.8, 4) is 5.75 Å². The molecule has 0 aromatic heterocycles. The zero-order valence-electron chi connectivity index (χ0n) is 15.4. The second kappa shape index (κ2) is 7.84. The molecule has 25 heavy (non-hydrogen) atoms. The van der Waals surface area contributed by atoms with Crippen molar-refractivity contribution in [3.05, 3.63) is 70.8 Å². The normalized spacial score (nSPS) is 12.8. The Morgan fingerprint density at radius 2 is 1.84 bits per heavy atom. The molecule has 0 saturated carbocycles. The second-order valence-corrected chi connectivity index (χ2v) is 6.22. The Morgan fingerprint density at radius 1 is 1.12 bits per heavy atom. The highest BCUT2D eigenvalue weighted by Gasteiger charge is 2.08. The van der Waals surface area contributed by atoms with Crippen LogP contribution in [0.2, 0.25) is 0 Å². The van der Waals surface area contributed by atoms with Crippen LogP contribution < -0.4 is 4.74 Å². The van der Waals surface area contributed by atoms with Crippen LogP contribution in [0.3, 0.4) is 0 Å². The molecular weight excluding hydrogens is 312 g/mol. The number of fused-ring (bicyclic) bond motifs is 1. The van der Waals surface area contributed by atoms with Gasteiger partial charge in [-0.3, -0.25) is 0 Å². The summed E-state index contributed by atoms with van der Waals surface area (Å²) in [5.74, 6) is -0.0210. The minimum Gasteiger partial charge on any atom is -0.496 e. The summed E-state index contributed by atoms with van der Waals surface area (Å²) in [7, 11) is 1.70. The van der Waals surface area contributed by atoms with Crippen LogP contribution in [0.4, 0.5) is 0 Å². The first-order valence-corrected chi connectivity index (χ1v) is 8.18. The summed E-state index contributed by atoms with van der Waals surface area (Å²) in [6.07, 6.45) is 6.85. The van der Waals surface area contributed by atoms with Crippen molar-refractivity contribution in [3.63, 3.8) is 0 Å².